The van der Waals surface area contributed by atoms with Crippen LogP contribution in [0.2, 0.25) is 0 Å². The van der Waals surface area contributed by atoms with Crippen LogP contribution in [0.25, 0.3) is 0 Å². The summed E-state index contributed by atoms with van der Waals surface area (Å²) >= 11 is 0. The summed E-state index contributed by atoms with van der Waals surface area (Å²) in [7, 11) is 0. The maximum Gasteiger partial charge on any atom is 2.00 e. The summed E-state index contributed by atoms with van der Waals surface area (Å²) in [4.78, 5) is 0. The largest absolute Gasteiger partial charge is 2.00 e. The average molecular weight is 222 g/mol. The number of hydrogen-bond acceptors (Lipinski definition) is 0. The molecule has 0 nitrogen and oxygen atoms in total. The van der Waals surface area contributed by atoms with Crippen LogP contribution in [0, 0.1) is 12.1 Å². The molecule has 0 aliphatic rings. The molecule has 0 aliphatic heterocycles. The van der Waals surface area contributed by atoms with Gasteiger partial charge in [-0.05, 0) is 0 Å². The molecule has 70 valence electrons. The molecule has 0 saturated heterocycles. The van der Waals surface area contributed by atoms with E-state index in [-0.39, 0.29) is 26.4 Å². The van der Waals surface area contributed by atoms with E-state index >= 15 is 0 Å². The first-order chi connectivity index (χ1) is 6.00. The molecule has 0 radical (unpaired) electrons. The van der Waals surface area contributed by atoms with Crippen molar-refractivity contribution in [3.05, 3.63) is 72.8 Å². The van der Waals surface area contributed by atoms with Gasteiger partial charge in [-0.3, -0.25) is 4.70 Å². The molecule has 0 unspecified atom stereocenters. The second-order valence-corrected chi connectivity index (χ2v) is 2.15. The van der Waals surface area contributed by atoms with Crippen molar-refractivity contribution >= 4 is 0 Å². The van der Waals surface area contributed by atoms with Gasteiger partial charge in [0.1, 0.15) is 0 Å². The third-order valence-electron chi connectivity index (χ3n) is 1.21. The number of benzene rings is 2. The Morgan fingerprint density at radius 3 is 0.857 bits per heavy atom. The summed E-state index contributed by atoms with van der Waals surface area (Å²) in [6, 6.07) is 25.0. The van der Waals surface area contributed by atoms with Crippen LogP contribution in [0.1, 0.15) is 0 Å². The van der Waals surface area contributed by atoms with Gasteiger partial charge >= 0.3 is 21.7 Å². The van der Waals surface area contributed by atoms with Crippen molar-refractivity contribution < 1.29 is 26.4 Å². The normalized spacial score (nSPS) is 6.86. The van der Waals surface area contributed by atoms with Gasteiger partial charge < -0.3 is 0 Å². The van der Waals surface area contributed by atoms with Gasteiger partial charge in [-0.25, -0.2) is 0 Å². The molecule has 0 fully saturated rings. The van der Waals surface area contributed by atoms with Gasteiger partial charge in [-0.2, -0.15) is 72.8 Å². The molecule has 2 rings (SSSR count). The summed E-state index contributed by atoms with van der Waals surface area (Å²) in [6.45, 7) is 0. The van der Waals surface area contributed by atoms with Crippen LogP contribution in [-0.4, -0.2) is 0 Å². The van der Waals surface area contributed by atoms with Gasteiger partial charge in [0.25, 0.3) is 0 Å². The molecule has 0 N–H and O–H groups in total. The van der Waals surface area contributed by atoms with E-state index in [1.165, 1.54) is 0 Å². The Bertz CT molecular complexity index is 186. The van der Waals surface area contributed by atoms with Crippen LogP contribution < -0.4 is 0 Å². The Hall–Kier alpha value is -0.916. The van der Waals surface area contributed by atoms with Crippen molar-refractivity contribution in [3.63, 3.8) is 0 Å². The maximum atomic E-state index is 2.89. The van der Waals surface area contributed by atoms with Gasteiger partial charge in [-0.15, -0.1) is 0 Å². The average Bonchev–Trinajstić information content (AvgIpc) is 2.24. The third-order valence-corrected chi connectivity index (χ3v) is 1.21. The van der Waals surface area contributed by atoms with Crippen LogP contribution in [0.3, 0.4) is 0 Å². The minimum atomic E-state index is 0. The molecule has 2 aromatic rings. The molecule has 0 saturated carbocycles. The minimum absolute atomic E-state index is 0. The van der Waals surface area contributed by atoms with E-state index in [9.17, 15) is 0 Å². The van der Waals surface area contributed by atoms with E-state index in [1.807, 2.05) is 60.7 Å². The summed E-state index contributed by atoms with van der Waals surface area (Å²) in [5, 5.41) is 0. The fourth-order valence-electron chi connectivity index (χ4n) is 0.684. The molecule has 0 aliphatic carbocycles. The van der Waals surface area contributed by atoms with Crippen LogP contribution >= 0.6 is 0 Å². The van der Waals surface area contributed by atoms with Crippen LogP contribution in [-0.2, 0) is 21.7 Å². The van der Waals surface area contributed by atoms with Crippen molar-refractivity contribution in [1.82, 2.24) is 0 Å². The molecule has 2 aromatic carbocycles. The van der Waals surface area contributed by atoms with E-state index in [1.54, 1.807) is 0 Å². The molecule has 0 aromatic heterocycles. The SMILES string of the molecule is F.[Ti+2].[c-]1ccccc1.[c-]1ccccc1. The zero-order chi connectivity index (χ0) is 8.49. The predicted octanol–water partition coefficient (Wildman–Crippen LogP) is 3.12. The maximum absolute atomic E-state index is 2.89. The Morgan fingerprint density at radius 2 is 0.786 bits per heavy atom. The quantitative estimate of drug-likeness (QED) is 0.474. The van der Waals surface area contributed by atoms with Crippen LogP contribution in [0.4, 0.5) is 4.70 Å². The third kappa shape index (κ3) is 9.17. The smallest absolute Gasteiger partial charge is 0.269 e. The first kappa shape index (κ1) is 15.6. The zero-order valence-electron chi connectivity index (χ0n) is 7.68. The topological polar surface area (TPSA) is 0 Å². The molecule has 2 heteroatoms. The second-order valence-electron chi connectivity index (χ2n) is 2.15. The minimum Gasteiger partial charge on any atom is -0.269 e. The zero-order valence-corrected chi connectivity index (χ0v) is 9.24. The Balaban J connectivity index is 0. The summed E-state index contributed by atoms with van der Waals surface area (Å²) in [6.07, 6.45) is 0. The standard InChI is InChI=1S/2C6H5.FH.Ti/c2*1-2-4-6-5-3-1;;/h2*1-5H;1H;/q2*-1;;+2. The Labute approximate surface area is 99.2 Å². The van der Waals surface area contributed by atoms with E-state index in [0.29, 0.717) is 0 Å². The van der Waals surface area contributed by atoms with Crippen molar-refractivity contribution in [2.24, 2.45) is 0 Å². The van der Waals surface area contributed by atoms with E-state index in [2.05, 4.69) is 12.1 Å². The molecular formula is C12H11FTi. The summed E-state index contributed by atoms with van der Waals surface area (Å²) in [5.74, 6) is 0. The van der Waals surface area contributed by atoms with Crippen molar-refractivity contribution in [1.29, 1.82) is 0 Å². The molecule has 0 bridgehead atoms. The van der Waals surface area contributed by atoms with Gasteiger partial charge in [0.15, 0.2) is 0 Å². The molecule has 0 spiro atoms. The number of halogens is 1. The molecule has 0 heterocycles. The predicted molar refractivity (Wildman–Crippen MR) is 53.1 cm³/mol. The fourth-order valence-corrected chi connectivity index (χ4v) is 0.684. The van der Waals surface area contributed by atoms with Crippen LogP contribution in [0.5, 0.6) is 0 Å². The van der Waals surface area contributed by atoms with E-state index in [4.69, 9.17) is 0 Å². The summed E-state index contributed by atoms with van der Waals surface area (Å²) in [5.41, 5.74) is 0. The van der Waals surface area contributed by atoms with Gasteiger partial charge in [-0.1, -0.05) is 0 Å². The van der Waals surface area contributed by atoms with Crippen LogP contribution in [0.15, 0.2) is 60.7 Å². The van der Waals surface area contributed by atoms with Gasteiger partial charge in [0.2, 0.25) is 0 Å². The van der Waals surface area contributed by atoms with Gasteiger partial charge in [0.05, 0.1) is 0 Å². The first-order valence-corrected chi connectivity index (χ1v) is 3.82. The van der Waals surface area contributed by atoms with Crippen molar-refractivity contribution in [2.75, 3.05) is 0 Å². The molecule has 14 heavy (non-hydrogen) atoms. The van der Waals surface area contributed by atoms with Crippen molar-refractivity contribution in [3.8, 4) is 0 Å². The Kier molecular flexibility index (Phi) is 13.4. The molecule has 0 amide bonds. The van der Waals surface area contributed by atoms with Gasteiger partial charge in [0, 0.05) is 0 Å². The van der Waals surface area contributed by atoms with E-state index in [0.717, 1.165) is 0 Å². The van der Waals surface area contributed by atoms with Crippen molar-refractivity contribution in [2.45, 2.75) is 0 Å². The Morgan fingerprint density at radius 1 is 0.500 bits per heavy atom. The summed E-state index contributed by atoms with van der Waals surface area (Å²) < 4.78 is 0. The molecular weight excluding hydrogens is 211 g/mol. The first-order valence-electron chi connectivity index (χ1n) is 3.82. The molecule has 0 atom stereocenters. The second kappa shape index (κ2) is 12.1. The number of rotatable bonds is 0. The van der Waals surface area contributed by atoms with E-state index < -0.39 is 0 Å². The fraction of sp³-hybridized carbons (Fsp3) is 0. The number of hydrogen-bond donors (Lipinski definition) is 0. The monoisotopic (exact) mass is 222 g/mol.